The standard InChI is InChI=1S/C19H17N3O/c20-13-15-3-5-16(6-4-15)19-8-7-18(22-10-9-21-14-22)12-17(19)2-1-11-23/h3-10,12,14,23H,1-2,11H2. The van der Waals surface area contributed by atoms with Gasteiger partial charge in [0.25, 0.3) is 0 Å². The predicted octanol–water partition coefficient (Wildman–Crippen LogP) is 3.34. The molecule has 0 saturated heterocycles. The van der Waals surface area contributed by atoms with Gasteiger partial charge in [0.1, 0.15) is 0 Å². The second-order valence-electron chi connectivity index (χ2n) is 5.33. The van der Waals surface area contributed by atoms with Crippen LogP contribution in [0.4, 0.5) is 0 Å². The van der Waals surface area contributed by atoms with Crippen molar-refractivity contribution in [3.8, 4) is 22.9 Å². The van der Waals surface area contributed by atoms with Gasteiger partial charge in [-0.2, -0.15) is 5.26 Å². The molecule has 23 heavy (non-hydrogen) atoms. The van der Waals surface area contributed by atoms with Crippen molar-refractivity contribution in [1.82, 2.24) is 9.55 Å². The molecule has 0 aliphatic carbocycles. The Kier molecular flexibility index (Phi) is 4.51. The van der Waals surface area contributed by atoms with E-state index in [-0.39, 0.29) is 6.61 Å². The lowest BCUT2D eigenvalue weighted by atomic mass is 9.95. The van der Waals surface area contributed by atoms with Crippen molar-refractivity contribution >= 4 is 0 Å². The SMILES string of the molecule is N#Cc1ccc(-c2ccc(-n3ccnc3)cc2CCCO)cc1. The Bertz CT molecular complexity index is 815. The van der Waals surface area contributed by atoms with Gasteiger partial charge in [-0.25, -0.2) is 4.98 Å². The Morgan fingerprint density at radius 1 is 1.13 bits per heavy atom. The van der Waals surface area contributed by atoms with Crippen LogP contribution in [0.5, 0.6) is 0 Å². The third-order valence-corrected chi connectivity index (χ3v) is 3.82. The molecule has 1 aromatic heterocycles. The van der Waals surface area contributed by atoms with E-state index in [2.05, 4.69) is 29.3 Å². The maximum Gasteiger partial charge on any atom is 0.0991 e. The summed E-state index contributed by atoms with van der Waals surface area (Å²) in [6.45, 7) is 0.169. The van der Waals surface area contributed by atoms with Crippen molar-refractivity contribution in [3.05, 3.63) is 72.3 Å². The fraction of sp³-hybridized carbons (Fsp3) is 0.158. The van der Waals surface area contributed by atoms with Gasteiger partial charge in [0.2, 0.25) is 0 Å². The molecular weight excluding hydrogens is 286 g/mol. The van der Waals surface area contributed by atoms with Gasteiger partial charge in [0, 0.05) is 24.7 Å². The molecule has 0 amide bonds. The van der Waals surface area contributed by atoms with Gasteiger partial charge in [-0.3, -0.25) is 0 Å². The zero-order valence-corrected chi connectivity index (χ0v) is 12.7. The summed E-state index contributed by atoms with van der Waals surface area (Å²) in [6.07, 6.45) is 6.95. The smallest absolute Gasteiger partial charge is 0.0991 e. The minimum atomic E-state index is 0.169. The number of imidazole rings is 1. The van der Waals surface area contributed by atoms with E-state index in [9.17, 15) is 0 Å². The van der Waals surface area contributed by atoms with Crippen LogP contribution >= 0.6 is 0 Å². The largest absolute Gasteiger partial charge is 0.396 e. The molecule has 1 heterocycles. The van der Waals surface area contributed by atoms with E-state index >= 15 is 0 Å². The molecule has 4 nitrogen and oxygen atoms in total. The van der Waals surface area contributed by atoms with E-state index in [1.807, 2.05) is 35.0 Å². The quantitative estimate of drug-likeness (QED) is 0.786. The summed E-state index contributed by atoms with van der Waals surface area (Å²) in [7, 11) is 0. The molecule has 0 atom stereocenters. The van der Waals surface area contributed by atoms with Crippen molar-refractivity contribution in [2.24, 2.45) is 0 Å². The molecule has 4 heteroatoms. The summed E-state index contributed by atoms with van der Waals surface area (Å²) in [4.78, 5) is 4.08. The lowest BCUT2D eigenvalue weighted by Gasteiger charge is -2.12. The molecule has 0 aliphatic heterocycles. The first-order chi connectivity index (χ1) is 11.3. The van der Waals surface area contributed by atoms with E-state index in [0.29, 0.717) is 5.56 Å². The average molecular weight is 303 g/mol. The number of nitrogens with zero attached hydrogens (tertiary/aromatic N) is 3. The van der Waals surface area contributed by atoms with Crippen molar-refractivity contribution in [1.29, 1.82) is 5.26 Å². The first kappa shape index (κ1) is 15.0. The van der Waals surface area contributed by atoms with Gasteiger partial charge in [-0.1, -0.05) is 18.2 Å². The Labute approximate surface area is 135 Å². The number of aliphatic hydroxyl groups is 1. The molecule has 1 N–H and O–H groups in total. The van der Waals surface area contributed by atoms with Gasteiger partial charge in [0.15, 0.2) is 0 Å². The summed E-state index contributed by atoms with van der Waals surface area (Å²) in [5, 5.41) is 18.1. The van der Waals surface area contributed by atoms with E-state index < -0.39 is 0 Å². The number of rotatable bonds is 5. The van der Waals surface area contributed by atoms with Crippen molar-refractivity contribution in [3.63, 3.8) is 0 Å². The Morgan fingerprint density at radius 2 is 1.96 bits per heavy atom. The molecule has 0 unspecified atom stereocenters. The highest BCUT2D eigenvalue weighted by Crippen LogP contribution is 2.27. The monoisotopic (exact) mass is 303 g/mol. The number of benzene rings is 2. The van der Waals surface area contributed by atoms with E-state index in [0.717, 1.165) is 29.7 Å². The molecule has 0 spiro atoms. The second kappa shape index (κ2) is 6.91. The van der Waals surface area contributed by atoms with Crippen molar-refractivity contribution in [2.75, 3.05) is 6.61 Å². The van der Waals surface area contributed by atoms with Crippen LogP contribution in [0.1, 0.15) is 17.5 Å². The Balaban J connectivity index is 2.02. The van der Waals surface area contributed by atoms with Gasteiger partial charge in [-0.15, -0.1) is 0 Å². The van der Waals surface area contributed by atoms with E-state index in [1.54, 1.807) is 12.5 Å². The summed E-state index contributed by atoms with van der Waals surface area (Å²) < 4.78 is 1.96. The van der Waals surface area contributed by atoms with Crippen LogP contribution in [0, 0.1) is 11.3 Å². The highest BCUT2D eigenvalue weighted by atomic mass is 16.2. The average Bonchev–Trinajstić information content (AvgIpc) is 3.14. The lowest BCUT2D eigenvalue weighted by molar-refractivity contribution is 0.288. The number of aromatic nitrogens is 2. The molecule has 0 radical (unpaired) electrons. The fourth-order valence-electron chi connectivity index (χ4n) is 2.63. The van der Waals surface area contributed by atoms with Crippen LogP contribution < -0.4 is 0 Å². The van der Waals surface area contributed by atoms with Crippen LogP contribution in [0.25, 0.3) is 16.8 Å². The zero-order valence-electron chi connectivity index (χ0n) is 12.7. The molecule has 2 aromatic carbocycles. The third-order valence-electron chi connectivity index (χ3n) is 3.82. The highest BCUT2D eigenvalue weighted by Gasteiger charge is 2.08. The predicted molar refractivity (Wildman–Crippen MR) is 89.1 cm³/mol. The maximum absolute atomic E-state index is 9.16. The molecule has 0 fully saturated rings. The van der Waals surface area contributed by atoms with Crippen LogP contribution in [-0.4, -0.2) is 21.3 Å². The van der Waals surface area contributed by atoms with Crippen LogP contribution in [0.3, 0.4) is 0 Å². The number of aryl methyl sites for hydroxylation is 1. The summed E-state index contributed by atoms with van der Waals surface area (Å²) in [6, 6.07) is 16.0. The van der Waals surface area contributed by atoms with Crippen molar-refractivity contribution in [2.45, 2.75) is 12.8 Å². The molecule has 0 bridgehead atoms. The number of hydrogen-bond acceptors (Lipinski definition) is 3. The number of aliphatic hydroxyl groups excluding tert-OH is 1. The zero-order chi connectivity index (χ0) is 16.1. The molecule has 114 valence electrons. The number of nitriles is 1. The van der Waals surface area contributed by atoms with Crippen LogP contribution in [-0.2, 0) is 6.42 Å². The molecule has 0 aliphatic rings. The van der Waals surface area contributed by atoms with Crippen molar-refractivity contribution < 1.29 is 5.11 Å². The van der Waals surface area contributed by atoms with Crippen LogP contribution in [0.2, 0.25) is 0 Å². The summed E-state index contributed by atoms with van der Waals surface area (Å²) in [5.74, 6) is 0. The van der Waals surface area contributed by atoms with Gasteiger partial charge in [-0.05, 0) is 53.8 Å². The molecule has 3 rings (SSSR count). The number of hydrogen-bond donors (Lipinski definition) is 1. The highest BCUT2D eigenvalue weighted by molar-refractivity contribution is 5.69. The van der Waals surface area contributed by atoms with Gasteiger partial charge < -0.3 is 9.67 Å². The Hall–Kier alpha value is -2.90. The third kappa shape index (κ3) is 3.31. The van der Waals surface area contributed by atoms with E-state index in [4.69, 9.17) is 10.4 Å². The van der Waals surface area contributed by atoms with Gasteiger partial charge in [0.05, 0.1) is 18.0 Å². The first-order valence-corrected chi connectivity index (χ1v) is 7.54. The molecule has 0 saturated carbocycles. The maximum atomic E-state index is 9.16. The normalized spacial score (nSPS) is 10.4. The van der Waals surface area contributed by atoms with Crippen LogP contribution in [0.15, 0.2) is 61.2 Å². The second-order valence-corrected chi connectivity index (χ2v) is 5.33. The minimum absolute atomic E-state index is 0.169. The summed E-state index contributed by atoms with van der Waals surface area (Å²) in [5.41, 5.74) is 5.09. The lowest BCUT2D eigenvalue weighted by Crippen LogP contribution is -1.97. The summed E-state index contributed by atoms with van der Waals surface area (Å²) >= 11 is 0. The van der Waals surface area contributed by atoms with Gasteiger partial charge >= 0.3 is 0 Å². The molecular formula is C19H17N3O. The minimum Gasteiger partial charge on any atom is -0.396 e. The topological polar surface area (TPSA) is 61.8 Å². The fourth-order valence-corrected chi connectivity index (χ4v) is 2.63. The van der Waals surface area contributed by atoms with E-state index in [1.165, 1.54) is 5.56 Å². The Morgan fingerprint density at radius 3 is 2.61 bits per heavy atom. The first-order valence-electron chi connectivity index (χ1n) is 7.54. The molecule has 3 aromatic rings.